The summed E-state index contributed by atoms with van der Waals surface area (Å²) in [7, 11) is -3.47. The summed E-state index contributed by atoms with van der Waals surface area (Å²) in [5, 5.41) is 8.38. The first-order chi connectivity index (χ1) is 8.55. The Bertz CT molecular complexity index is 602. The van der Waals surface area contributed by atoms with E-state index < -0.39 is 10.0 Å². The standard InChI is InChI=1S/C11H15N3O2S2/c1-3-14(8-10-5-4-6-17-10)18(15,16)11-7-12-13-9(11)2/h4-7H,3,8H2,1-2H3,(H,12,13). The van der Waals surface area contributed by atoms with Crippen LogP contribution in [0.2, 0.25) is 0 Å². The van der Waals surface area contributed by atoms with Crippen molar-refractivity contribution in [3.63, 3.8) is 0 Å². The maximum Gasteiger partial charge on any atom is 0.246 e. The molecule has 0 atom stereocenters. The van der Waals surface area contributed by atoms with E-state index in [-0.39, 0.29) is 4.90 Å². The van der Waals surface area contributed by atoms with Gasteiger partial charge in [0.2, 0.25) is 10.0 Å². The Labute approximate surface area is 111 Å². The van der Waals surface area contributed by atoms with Crippen LogP contribution in [-0.2, 0) is 16.6 Å². The lowest BCUT2D eigenvalue weighted by Crippen LogP contribution is -2.30. The molecule has 0 aliphatic carbocycles. The van der Waals surface area contributed by atoms with Crippen molar-refractivity contribution >= 4 is 21.4 Å². The molecule has 2 aromatic rings. The van der Waals surface area contributed by atoms with Crippen molar-refractivity contribution in [2.45, 2.75) is 25.3 Å². The molecule has 0 saturated carbocycles. The number of sulfonamides is 1. The van der Waals surface area contributed by atoms with E-state index in [9.17, 15) is 8.42 Å². The quantitative estimate of drug-likeness (QED) is 0.913. The molecule has 0 radical (unpaired) electrons. The van der Waals surface area contributed by atoms with Crippen LogP contribution in [0.4, 0.5) is 0 Å². The van der Waals surface area contributed by atoms with Crippen LogP contribution in [0.15, 0.2) is 28.6 Å². The number of H-pyrrole nitrogens is 1. The van der Waals surface area contributed by atoms with E-state index >= 15 is 0 Å². The smallest absolute Gasteiger partial charge is 0.246 e. The van der Waals surface area contributed by atoms with Crippen molar-refractivity contribution in [3.05, 3.63) is 34.3 Å². The van der Waals surface area contributed by atoms with Crippen LogP contribution in [0.3, 0.4) is 0 Å². The van der Waals surface area contributed by atoms with Crippen LogP contribution in [-0.4, -0.2) is 29.5 Å². The summed E-state index contributed by atoms with van der Waals surface area (Å²) in [6, 6.07) is 3.86. The molecule has 0 saturated heterocycles. The van der Waals surface area contributed by atoms with E-state index in [0.717, 1.165) is 4.88 Å². The lowest BCUT2D eigenvalue weighted by Gasteiger charge is -2.19. The fraction of sp³-hybridized carbons (Fsp3) is 0.364. The average Bonchev–Trinajstić information content (AvgIpc) is 2.96. The molecule has 5 nitrogen and oxygen atoms in total. The first kappa shape index (κ1) is 13.3. The van der Waals surface area contributed by atoms with Crippen LogP contribution in [0, 0.1) is 6.92 Å². The number of thiophene rings is 1. The number of hydrogen-bond donors (Lipinski definition) is 1. The van der Waals surface area contributed by atoms with Crippen LogP contribution < -0.4 is 0 Å². The zero-order valence-electron chi connectivity index (χ0n) is 10.3. The average molecular weight is 285 g/mol. The van der Waals surface area contributed by atoms with Crippen LogP contribution >= 0.6 is 11.3 Å². The number of aromatic nitrogens is 2. The summed E-state index contributed by atoms with van der Waals surface area (Å²) < 4.78 is 26.3. The van der Waals surface area contributed by atoms with Gasteiger partial charge in [0.05, 0.1) is 11.9 Å². The Balaban J connectivity index is 2.30. The van der Waals surface area contributed by atoms with Crippen molar-refractivity contribution in [3.8, 4) is 0 Å². The monoisotopic (exact) mass is 285 g/mol. The van der Waals surface area contributed by atoms with Crippen molar-refractivity contribution in [1.29, 1.82) is 0 Å². The molecule has 7 heteroatoms. The molecule has 0 spiro atoms. The molecule has 0 bridgehead atoms. The van der Waals surface area contributed by atoms with Gasteiger partial charge in [-0.25, -0.2) is 8.42 Å². The zero-order chi connectivity index (χ0) is 13.2. The Morgan fingerprint density at radius 2 is 2.28 bits per heavy atom. The number of rotatable bonds is 5. The van der Waals surface area contributed by atoms with Crippen molar-refractivity contribution in [2.75, 3.05) is 6.54 Å². The molecule has 2 aromatic heterocycles. The molecular formula is C11H15N3O2S2. The molecule has 0 fully saturated rings. The third kappa shape index (κ3) is 2.47. The molecule has 1 N–H and O–H groups in total. The Hall–Kier alpha value is -1.18. The number of aromatic amines is 1. The SMILES string of the molecule is CCN(Cc1cccs1)S(=O)(=O)c1cn[nH]c1C. The molecule has 98 valence electrons. The predicted molar refractivity (Wildman–Crippen MR) is 70.9 cm³/mol. The third-order valence-corrected chi connectivity index (χ3v) is 5.56. The van der Waals surface area contributed by atoms with Gasteiger partial charge in [-0.1, -0.05) is 13.0 Å². The highest BCUT2D eigenvalue weighted by Gasteiger charge is 2.26. The zero-order valence-corrected chi connectivity index (χ0v) is 11.9. The molecule has 2 heterocycles. The fourth-order valence-electron chi connectivity index (χ4n) is 1.68. The summed E-state index contributed by atoms with van der Waals surface area (Å²) in [4.78, 5) is 1.28. The van der Waals surface area contributed by atoms with E-state index in [2.05, 4.69) is 10.2 Å². The van der Waals surface area contributed by atoms with E-state index in [4.69, 9.17) is 0 Å². The second-order valence-corrected chi connectivity index (χ2v) is 6.81. The summed E-state index contributed by atoms with van der Waals surface area (Å²) in [5.41, 5.74) is 0.569. The van der Waals surface area contributed by atoms with Gasteiger partial charge in [0.1, 0.15) is 4.90 Å². The van der Waals surface area contributed by atoms with Gasteiger partial charge < -0.3 is 0 Å². The van der Waals surface area contributed by atoms with Gasteiger partial charge in [0.25, 0.3) is 0 Å². The van der Waals surface area contributed by atoms with Crippen LogP contribution in [0.1, 0.15) is 17.5 Å². The highest BCUT2D eigenvalue weighted by atomic mass is 32.2. The maximum atomic E-state index is 12.4. The van der Waals surface area contributed by atoms with Crippen molar-refractivity contribution in [1.82, 2.24) is 14.5 Å². The number of nitrogens with zero attached hydrogens (tertiary/aromatic N) is 2. The lowest BCUT2D eigenvalue weighted by molar-refractivity contribution is 0.426. The van der Waals surface area contributed by atoms with Crippen LogP contribution in [0.25, 0.3) is 0 Å². The van der Waals surface area contributed by atoms with Gasteiger partial charge in [-0.05, 0) is 18.4 Å². The second kappa shape index (κ2) is 5.21. The summed E-state index contributed by atoms with van der Waals surface area (Å²) in [5.74, 6) is 0. The second-order valence-electron chi connectivity index (χ2n) is 3.87. The van der Waals surface area contributed by atoms with Crippen molar-refractivity contribution < 1.29 is 8.42 Å². The Morgan fingerprint density at radius 1 is 1.50 bits per heavy atom. The number of nitrogens with one attached hydrogen (secondary N) is 1. The summed E-state index contributed by atoms with van der Waals surface area (Å²) >= 11 is 1.55. The maximum absolute atomic E-state index is 12.4. The highest BCUT2D eigenvalue weighted by Crippen LogP contribution is 2.21. The normalized spacial score (nSPS) is 12.2. The minimum Gasteiger partial charge on any atom is -0.281 e. The minimum atomic E-state index is -3.47. The minimum absolute atomic E-state index is 0.251. The van der Waals surface area contributed by atoms with Gasteiger partial charge in [-0.15, -0.1) is 11.3 Å². The first-order valence-electron chi connectivity index (χ1n) is 5.58. The molecule has 0 amide bonds. The van der Waals surface area contributed by atoms with Gasteiger partial charge in [0.15, 0.2) is 0 Å². The first-order valence-corrected chi connectivity index (χ1v) is 7.90. The summed E-state index contributed by atoms with van der Waals surface area (Å²) in [6.45, 7) is 4.38. The number of aryl methyl sites for hydroxylation is 1. The summed E-state index contributed by atoms with van der Waals surface area (Å²) in [6.07, 6.45) is 1.36. The largest absolute Gasteiger partial charge is 0.281 e. The van der Waals surface area contributed by atoms with E-state index in [1.807, 2.05) is 24.4 Å². The van der Waals surface area contributed by atoms with E-state index in [1.165, 1.54) is 10.5 Å². The van der Waals surface area contributed by atoms with Crippen LogP contribution in [0.5, 0.6) is 0 Å². The van der Waals surface area contributed by atoms with Gasteiger partial charge in [-0.3, -0.25) is 5.10 Å². The Kier molecular flexibility index (Phi) is 3.84. The highest BCUT2D eigenvalue weighted by molar-refractivity contribution is 7.89. The number of hydrogen-bond acceptors (Lipinski definition) is 4. The van der Waals surface area contributed by atoms with E-state index in [0.29, 0.717) is 18.8 Å². The van der Waals surface area contributed by atoms with Gasteiger partial charge >= 0.3 is 0 Å². The Morgan fingerprint density at radius 3 is 2.78 bits per heavy atom. The molecule has 0 aromatic carbocycles. The molecule has 0 unspecified atom stereocenters. The van der Waals surface area contributed by atoms with Gasteiger partial charge in [-0.2, -0.15) is 9.40 Å². The molecule has 18 heavy (non-hydrogen) atoms. The van der Waals surface area contributed by atoms with E-state index in [1.54, 1.807) is 18.3 Å². The predicted octanol–water partition coefficient (Wildman–Crippen LogP) is 1.99. The fourth-order valence-corrected chi connectivity index (χ4v) is 4.03. The third-order valence-electron chi connectivity index (χ3n) is 2.67. The molecule has 0 aliphatic rings. The molecule has 0 aliphatic heterocycles. The molecular weight excluding hydrogens is 270 g/mol. The van der Waals surface area contributed by atoms with Gasteiger partial charge in [0, 0.05) is 18.0 Å². The van der Waals surface area contributed by atoms with Crippen molar-refractivity contribution in [2.24, 2.45) is 0 Å². The topological polar surface area (TPSA) is 66.1 Å². The lowest BCUT2D eigenvalue weighted by atomic mass is 10.4. The molecule has 2 rings (SSSR count).